The largest absolute Gasteiger partial charge is 0.497 e. The van der Waals surface area contributed by atoms with E-state index in [1.165, 1.54) is 0 Å². The van der Waals surface area contributed by atoms with E-state index < -0.39 is 0 Å². The lowest BCUT2D eigenvalue weighted by Crippen LogP contribution is -2.31. The molecular formula is C17H18N2O2. The van der Waals surface area contributed by atoms with Gasteiger partial charge in [-0.2, -0.15) is 0 Å². The van der Waals surface area contributed by atoms with E-state index in [-0.39, 0.29) is 6.03 Å². The van der Waals surface area contributed by atoms with Gasteiger partial charge < -0.3 is 9.64 Å². The van der Waals surface area contributed by atoms with Crippen LogP contribution in [-0.4, -0.2) is 31.1 Å². The number of hydrogen-bond acceptors (Lipinski definition) is 2. The fraction of sp³-hybridized carbons (Fsp3) is 0.235. The number of urea groups is 1. The average molecular weight is 282 g/mol. The molecule has 0 radical (unpaired) electrons. The summed E-state index contributed by atoms with van der Waals surface area (Å²) < 4.78 is 5.14. The maximum Gasteiger partial charge on any atom is 0.324 e. The van der Waals surface area contributed by atoms with Crippen LogP contribution in [0.3, 0.4) is 0 Å². The number of amides is 2. The molecule has 0 unspecified atom stereocenters. The zero-order valence-electron chi connectivity index (χ0n) is 12.0. The molecule has 0 atom stereocenters. The zero-order chi connectivity index (χ0) is 14.7. The second kappa shape index (κ2) is 5.87. The molecule has 1 saturated heterocycles. The average Bonchev–Trinajstić information content (AvgIpc) is 2.89. The van der Waals surface area contributed by atoms with Gasteiger partial charge in [-0.3, -0.25) is 4.90 Å². The Kier molecular flexibility index (Phi) is 3.77. The summed E-state index contributed by atoms with van der Waals surface area (Å²) in [4.78, 5) is 16.2. The molecule has 1 heterocycles. The van der Waals surface area contributed by atoms with Gasteiger partial charge in [-0.25, -0.2) is 4.79 Å². The normalized spacial score (nSPS) is 14.6. The lowest BCUT2D eigenvalue weighted by Gasteiger charge is -2.19. The third-order valence-electron chi connectivity index (χ3n) is 3.70. The first-order chi connectivity index (χ1) is 10.3. The number of ether oxygens (including phenoxy) is 1. The van der Waals surface area contributed by atoms with E-state index in [1.807, 2.05) is 64.4 Å². The molecule has 108 valence electrons. The third-order valence-corrected chi connectivity index (χ3v) is 3.70. The minimum atomic E-state index is 0.0593. The van der Waals surface area contributed by atoms with Crippen LogP contribution in [-0.2, 0) is 6.54 Å². The van der Waals surface area contributed by atoms with Crippen molar-refractivity contribution in [2.24, 2.45) is 0 Å². The lowest BCUT2D eigenvalue weighted by atomic mass is 10.2. The highest BCUT2D eigenvalue weighted by atomic mass is 16.5. The van der Waals surface area contributed by atoms with Gasteiger partial charge in [0.25, 0.3) is 0 Å². The number of rotatable bonds is 4. The Morgan fingerprint density at radius 3 is 2.38 bits per heavy atom. The highest BCUT2D eigenvalue weighted by Crippen LogP contribution is 2.24. The van der Waals surface area contributed by atoms with Crippen molar-refractivity contribution in [3.63, 3.8) is 0 Å². The van der Waals surface area contributed by atoms with Crippen LogP contribution >= 0.6 is 0 Å². The summed E-state index contributed by atoms with van der Waals surface area (Å²) in [5.74, 6) is 0.798. The quantitative estimate of drug-likeness (QED) is 0.863. The van der Waals surface area contributed by atoms with E-state index in [2.05, 4.69) is 0 Å². The van der Waals surface area contributed by atoms with Gasteiger partial charge in [0, 0.05) is 25.3 Å². The minimum Gasteiger partial charge on any atom is -0.497 e. The van der Waals surface area contributed by atoms with E-state index >= 15 is 0 Å². The number of benzene rings is 2. The Hall–Kier alpha value is -2.49. The third kappa shape index (κ3) is 2.84. The fourth-order valence-corrected chi connectivity index (χ4v) is 2.53. The summed E-state index contributed by atoms with van der Waals surface area (Å²) in [5, 5.41) is 0. The van der Waals surface area contributed by atoms with Crippen molar-refractivity contribution in [2.45, 2.75) is 6.54 Å². The molecule has 0 spiro atoms. The zero-order valence-corrected chi connectivity index (χ0v) is 12.0. The van der Waals surface area contributed by atoms with Crippen molar-refractivity contribution in [3.05, 3.63) is 60.2 Å². The van der Waals surface area contributed by atoms with Gasteiger partial charge in [0.2, 0.25) is 0 Å². The van der Waals surface area contributed by atoms with Gasteiger partial charge in [0.15, 0.2) is 0 Å². The highest BCUT2D eigenvalue weighted by Gasteiger charge is 2.29. The molecule has 4 nitrogen and oxygen atoms in total. The van der Waals surface area contributed by atoms with Crippen molar-refractivity contribution >= 4 is 11.7 Å². The van der Waals surface area contributed by atoms with Gasteiger partial charge in [0.05, 0.1) is 7.11 Å². The first-order valence-electron chi connectivity index (χ1n) is 7.02. The van der Waals surface area contributed by atoms with Gasteiger partial charge in [0.1, 0.15) is 5.75 Å². The van der Waals surface area contributed by atoms with Crippen molar-refractivity contribution in [1.29, 1.82) is 0 Å². The Balaban J connectivity index is 1.71. The molecule has 2 amide bonds. The number of carbonyl (C=O) groups excluding carboxylic acids is 1. The maximum absolute atomic E-state index is 12.5. The molecule has 21 heavy (non-hydrogen) atoms. The number of carbonyl (C=O) groups is 1. The van der Waals surface area contributed by atoms with E-state index in [9.17, 15) is 4.79 Å². The Morgan fingerprint density at radius 1 is 1.00 bits per heavy atom. The van der Waals surface area contributed by atoms with Crippen LogP contribution in [0.15, 0.2) is 54.6 Å². The monoisotopic (exact) mass is 282 g/mol. The SMILES string of the molecule is COc1ccc(N2CCN(Cc3ccccc3)C2=O)cc1. The van der Waals surface area contributed by atoms with Crippen LogP contribution in [0.25, 0.3) is 0 Å². The molecule has 4 heteroatoms. The molecule has 0 aromatic heterocycles. The number of methoxy groups -OCH3 is 1. The summed E-state index contributed by atoms with van der Waals surface area (Å²) in [6.07, 6.45) is 0. The molecule has 1 aliphatic rings. The summed E-state index contributed by atoms with van der Waals surface area (Å²) >= 11 is 0. The molecule has 1 fully saturated rings. The summed E-state index contributed by atoms with van der Waals surface area (Å²) in [6, 6.07) is 17.7. The molecule has 2 aromatic carbocycles. The maximum atomic E-state index is 12.5. The van der Waals surface area contributed by atoms with Crippen LogP contribution in [0, 0.1) is 0 Å². The van der Waals surface area contributed by atoms with Gasteiger partial charge in [-0.05, 0) is 29.8 Å². The van der Waals surface area contributed by atoms with E-state index in [0.717, 1.165) is 30.1 Å². The molecule has 0 saturated carbocycles. The van der Waals surface area contributed by atoms with Crippen LogP contribution in [0.1, 0.15) is 5.56 Å². The van der Waals surface area contributed by atoms with E-state index in [1.54, 1.807) is 7.11 Å². The van der Waals surface area contributed by atoms with Gasteiger partial charge >= 0.3 is 6.03 Å². The molecule has 0 aliphatic carbocycles. The lowest BCUT2D eigenvalue weighted by molar-refractivity contribution is 0.219. The standard InChI is InChI=1S/C17H18N2O2/c1-21-16-9-7-15(8-10-16)19-12-11-18(17(19)20)13-14-5-3-2-4-6-14/h2-10H,11-13H2,1H3. The highest BCUT2D eigenvalue weighted by molar-refractivity contribution is 5.94. The van der Waals surface area contributed by atoms with E-state index in [0.29, 0.717) is 6.54 Å². The van der Waals surface area contributed by atoms with Gasteiger partial charge in [-0.15, -0.1) is 0 Å². The molecule has 1 aliphatic heterocycles. The van der Waals surface area contributed by atoms with Gasteiger partial charge in [-0.1, -0.05) is 30.3 Å². The second-order valence-electron chi connectivity index (χ2n) is 5.04. The Labute approximate surface area is 124 Å². The van der Waals surface area contributed by atoms with Crippen LogP contribution < -0.4 is 9.64 Å². The topological polar surface area (TPSA) is 32.8 Å². The number of nitrogens with zero attached hydrogens (tertiary/aromatic N) is 2. The van der Waals surface area contributed by atoms with Crippen molar-refractivity contribution in [1.82, 2.24) is 4.90 Å². The fourth-order valence-electron chi connectivity index (χ4n) is 2.53. The molecule has 0 N–H and O–H groups in total. The number of hydrogen-bond donors (Lipinski definition) is 0. The predicted octanol–water partition coefficient (Wildman–Crippen LogP) is 3.14. The molecule has 0 bridgehead atoms. The summed E-state index contributed by atoms with van der Waals surface area (Å²) in [5.41, 5.74) is 2.07. The van der Waals surface area contributed by atoms with Crippen molar-refractivity contribution < 1.29 is 9.53 Å². The predicted molar refractivity (Wildman–Crippen MR) is 82.6 cm³/mol. The summed E-state index contributed by atoms with van der Waals surface area (Å²) in [7, 11) is 1.64. The van der Waals surface area contributed by atoms with E-state index in [4.69, 9.17) is 4.74 Å². The molecular weight excluding hydrogens is 264 g/mol. The van der Waals surface area contributed by atoms with Crippen LogP contribution in [0.2, 0.25) is 0 Å². The molecule has 2 aromatic rings. The molecule has 3 rings (SSSR count). The van der Waals surface area contributed by atoms with Crippen LogP contribution in [0.4, 0.5) is 10.5 Å². The first kappa shape index (κ1) is 13.5. The van der Waals surface area contributed by atoms with Crippen molar-refractivity contribution in [3.8, 4) is 5.75 Å². The van der Waals surface area contributed by atoms with Crippen LogP contribution in [0.5, 0.6) is 5.75 Å². The Bertz CT molecular complexity index is 610. The second-order valence-corrected chi connectivity index (χ2v) is 5.04. The van der Waals surface area contributed by atoms with Crippen molar-refractivity contribution in [2.75, 3.05) is 25.1 Å². The first-order valence-corrected chi connectivity index (χ1v) is 7.02. The smallest absolute Gasteiger partial charge is 0.324 e. The minimum absolute atomic E-state index is 0.0593. The summed E-state index contributed by atoms with van der Waals surface area (Å²) in [6.45, 7) is 2.13. The Morgan fingerprint density at radius 2 is 1.71 bits per heavy atom. The number of anilines is 1.